The summed E-state index contributed by atoms with van der Waals surface area (Å²) in [5.41, 5.74) is 5.08. The number of hydrogen-bond acceptors (Lipinski definition) is 2. The number of hydrogen-bond donors (Lipinski definition) is 0. The molecule has 0 aromatic heterocycles. The summed E-state index contributed by atoms with van der Waals surface area (Å²) < 4.78 is 5.94. The molecule has 0 unspecified atom stereocenters. The van der Waals surface area contributed by atoms with Gasteiger partial charge in [-0.25, -0.2) is 4.79 Å². The summed E-state index contributed by atoms with van der Waals surface area (Å²) in [5, 5.41) is 0. The largest absolute Gasteiger partial charge is 0.448 e. The van der Waals surface area contributed by atoms with Crippen LogP contribution in [-0.4, -0.2) is 30.7 Å². The molecule has 3 heteroatoms. The molecule has 1 heterocycles. The zero-order valence-electron chi connectivity index (χ0n) is 19.3. The molecule has 1 aliphatic carbocycles. The summed E-state index contributed by atoms with van der Waals surface area (Å²) in [7, 11) is 0. The Bertz CT molecular complexity index is 858. The van der Waals surface area contributed by atoms with Crippen molar-refractivity contribution in [1.82, 2.24) is 4.90 Å². The molecule has 0 saturated carbocycles. The van der Waals surface area contributed by atoms with E-state index in [0.29, 0.717) is 6.61 Å². The Morgan fingerprint density at radius 2 is 1.22 bits per heavy atom. The predicted octanol–water partition coefficient (Wildman–Crippen LogP) is 7.71. The molecule has 2 aromatic rings. The van der Waals surface area contributed by atoms with Gasteiger partial charge in [-0.05, 0) is 60.8 Å². The quantitative estimate of drug-likeness (QED) is 0.456. The zero-order valence-corrected chi connectivity index (χ0v) is 19.3. The van der Waals surface area contributed by atoms with Gasteiger partial charge in [0.1, 0.15) is 6.61 Å². The van der Waals surface area contributed by atoms with Gasteiger partial charge in [0.25, 0.3) is 0 Å². The van der Waals surface area contributed by atoms with Crippen molar-refractivity contribution >= 4 is 6.09 Å². The van der Waals surface area contributed by atoms with Crippen LogP contribution in [0.2, 0.25) is 0 Å². The van der Waals surface area contributed by atoms with E-state index in [1.54, 1.807) is 0 Å². The fourth-order valence-corrected chi connectivity index (χ4v) is 5.05. The van der Waals surface area contributed by atoms with E-state index in [9.17, 15) is 4.79 Å². The first-order valence-electron chi connectivity index (χ1n) is 12.6. The van der Waals surface area contributed by atoms with Crippen LogP contribution in [0.25, 0.3) is 11.1 Å². The summed E-state index contributed by atoms with van der Waals surface area (Å²) in [5.74, 6) is 0.125. The lowest BCUT2D eigenvalue weighted by atomic mass is 9.98. The number of nitrogens with zero attached hydrogens (tertiary/aromatic N) is 1. The van der Waals surface area contributed by atoms with E-state index < -0.39 is 0 Å². The number of ether oxygens (including phenoxy) is 1. The fourth-order valence-electron chi connectivity index (χ4n) is 5.05. The number of carbonyl (C=O) groups excluding carboxylic acids is 1. The van der Waals surface area contributed by atoms with Gasteiger partial charge in [-0.2, -0.15) is 0 Å². The topological polar surface area (TPSA) is 29.5 Å². The van der Waals surface area contributed by atoms with Crippen molar-refractivity contribution in [1.29, 1.82) is 0 Å². The van der Waals surface area contributed by atoms with Crippen LogP contribution in [0.1, 0.15) is 81.3 Å². The van der Waals surface area contributed by atoms with E-state index in [2.05, 4.69) is 60.7 Å². The highest BCUT2D eigenvalue weighted by Crippen LogP contribution is 2.44. The van der Waals surface area contributed by atoms with Crippen LogP contribution in [0.3, 0.4) is 0 Å². The fraction of sp³-hybridized carbons (Fsp3) is 0.483. The molecule has 0 saturated heterocycles. The molecular weight excluding hydrogens is 394 g/mol. The predicted molar refractivity (Wildman–Crippen MR) is 132 cm³/mol. The van der Waals surface area contributed by atoms with Crippen LogP contribution in [0.4, 0.5) is 4.79 Å². The molecule has 4 rings (SSSR count). The maximum atomic E-state index is 13.1. The molecule has 0 spiro atoms. The van der Waals surface area contributed by atoms with Gasteiger partial charge in [-0.15, -0.1) is 0 Å². The van der Waals surface area contributed by atoms with Crippen LogP contribution in [-0.2, 0) is 4.74 Å². The highest BCUT2D eigenvalue weighted by atomic mass is 16.6. The second kappa shape index (κ2) is 11.9. The molecule has 0 bridgehead atoms. The molecule has 1 aliphatic heterocycles. The van der Waals surface area contributed by atoms with Crippen molar-refractivity contribution in [3.8, 4) is 11.1 Å². The smallest absolute Gasteiger partial charge is 0.409 e. The number of amides is 1. The zero-order chi connectivity index (χ0) is 22.0. The standard InChI is InChI=1S/C29H37NO2/c31-29(30-21-15-9-7-5-3-1-2-4-6-8-10-16-22-30)32-23-28-26-19-13-11-17-24(26)25-18-12-14-20-27(25)28/h3,5,11-14,17-20,28H,1-2,4,6-10,15-16,21-23H2/b5-3-. The maximum absolute atomic E-state index is 13.1. The molecule has 2 aliphatic rings. The Hall–Kier alpha value is -2.55. The number of benzene rings is 2. The van der Waals surface area contributed by atoms with Crippen LogP contribution in [0.5, 0.6) is 0 Å². The van der Waals surface area contributed by atoms with Gasteiger partial charge in [-0.1, -0.05) is 86.4 Å². The highest BCUT2D eigenvalue weighted by molar-refractivity contribution is 5.79. The monoisotopic (exact) mass is 431 g/mol. The Balaban J connectivity index is 1.37. The summed E-state index contributed by atoms with van der Waals surface area (Å²) in [6.45, 7) is 2.02. The van der Waals surface area contributed by atoms with Crippen LogP contribution in [0, 0.1) is 0 Å². The minimum absolute atomic E-state index is 0.125. The SMILES string of the molecule is O=C(OCC1c2ccccc2-c2ccccc21)N1CCCC/C=C\CCCCCCCC1. The van der Waals surface area contributed by atoms with Gasteiger partial charge >= 0.3 is 6.09 Å². The lowest BCUT2D eigenvalue weighted by Gasteiger charge is -2.23. The molecule has 3 nitrogen and oxygen atoms in total. The summed E-state index contributed by atoms with van der Waals surface area (Å²) in [6.07, 6.45) is 16.5. The van der Waals surface area contributed by atoms with Crippen LogP contribution >= 0.6 is 0 Å². The summed E-state index contributed by atoms with van der Waals surface area (Å²) >= 11 is 0. The molecule has 0 fully saturated rings. The third-order valence-corrected chi connectivity index (χ3v) is 6.86. The van der Waals surface area contributed by atoms with Crippen molar-refractivity contribution in [2.75, 3.05) is 19.7 Å². The lowest BCUT2D eigenvalue weighted by Crippen LogP contribution is -2.34. The van der Waals surface area contributed by atoms with Gasteiger partial charge in [0.05, 0.1) is 0 Å². The average molecular weight is 432 g/mol. The van der Waals surface area contributed by atoms with Crippen molar-refractivity contribution in [2.45, 2.75) is 70.1 Å². The minimum atomic E-state index is -0.147. The number of carbonyl (C=O) groups is 1. The summed E-state index contributed by atoms with van der Waals surface area (Å²) in [6, 6.07) is 17.0. The van der Waals surface area contributed by atoms with Crippen LogP contribution < -0.4 is 0 Å². The van der Waals surface area contributed by atoms with E-state index >= 15 is 0 Å². The first kappa shape index (κ1) is 22.6. The number of fused-ring (bicyclic) bond motifs is 3. The van der Waals surface area contributed by atoms with E-state index in [1.807, 2.05) is 4.90 Å². The first-order valence-corrected chi connectivity index (χ1v) is 12.6. The van der Waals surface area contributed by atoms with Gasteiger partial charge in [-0.3, -0.25) is 0 Å². The first-order chi connectivity index (χ1) is 15.8. The van der Waals surface area contributed by atoms with E-state index in [4.69, 9.17) is 4.74 Å². The molecule has 2 aromatic carbocycles. The molecule has 32 heavy (non-hydrogen) atoms. The molecule has 0 atom stereocenters. The van der Waals surface area contributed by atoms with Crippen molar-refractivity contribution in [3.63, 3.8) is 0 Å². The molecular formula is C29H37NO2. The molecule has 0 N–H and O–H groups in total. The highest BCUT2D eigenvalue weighted by Gasteiger charge is 2.29. The molecule has 1 amide bonds. The molecule has 0 radical (unpaired) electrons. The van der Waals surface area contributed by atoms with E-state index in [1.165, 1.54) is 60.8 Å². The minimum Gasteiger partial charge on any atom is -0.448 e. The van der Waals surface area contributed by atoms with Crippen molar-refractivity contribution < 1.29 is 9.53 Å². The number of allylic oxidation sites excluding steroid dienone is 2. The maximum Gasteiger partial charge on any atom is 0.409 e. The summed E-state index contributed by atoms with van der Waals surface area (Å²) in [4.78, 5) is 15.0. The Morgan fingerprint density at radius 1 is 0.719 bits per heavy atom. The second-order valence-electron chi connectivity index (χ2n) is 9.17. The van der Waals surface area contributed by atoms with E-state index in [0.717, 1.165) is 38.8 Å². The van der Waals surface area contributed by atoms with Gasteiger partial charge in [0.15, 0.2) is 0 Å². The normalized spacial score (nSPS) is 19.3. The Kier molecular flexibility index (Phi) is 8.42. The van der Waals surface area contributed by atoms with Crippen molar-refractivity contribution in [3.05, 3.63) is 71.8 Å². The van der Waals surface area contributed by atoms with Gasteiger partial charge in [0, 0.05) is 19.0 Å². The van der Waals surface area contributed by atoms with E-state index in [-0.39, 0.29) is 12.0 Å². The Labute approximate surface area is 193 Å². The Morgan fingerprint density at radius 3 is 1.88 bits per heavy atom. The average Bonchev–Trinajstić information content (AvgIpc) is 3.14. The van der Waals surface area contributed by atoms with Gasteiger partial charge in [0.2, 0.25) is 0 Å². The third kappa shape index (κ3) is 5.82. The molecule has 170 valence electrons. The lowest BCUT2D eigenvalue weighted by molar-refractivity contribution is 0.0983. The van der Waals surface area contributed by atoms with Crippen molar-refractivity contribution in [2.24, 2.45) is 0 Å². The third-order valence-electron chi connectivity index (χ3n) is 6.86. The van der Waals surface area contributed by atoms with Crippen LogP contribution in [0.15, 0.2) is 60.7 Å². The van der Waals surface area contributed by atoms with Gasteiger partial charge < -0.3 is 9.64 Å². The number of rotatable bonds is 2. The second-order valence-corrected chi connectivity index (χ2v) is 9.17.